The highest BCUT2D eigenvalue weighted by Gasteiger charge is 2.38. The molecule has 1 heterocycles. The summed E-state index contributed by atoms with van der Waals surface area (Å²) in [5.74, 6) is 0. The predicted octanol–water partition coefficient (Wildman–Crippen LogP) is 1.75. The summed E-state index contributed by atoms with van der Waals surface area (Å²) in [4.78, 5) is 0. The molecule has 1 saturated heterocycles. The highest BCUT2D eigenvalue weighted by molar-refractivity contribution is 9.26. The molecule has 0 aromatic heterocycles. The maximum atomic E-state index is 3.73. The number of alkyl halides is 1. The van der Waals surface area contributed by atoms with Crippen molar-refractivity contribution >= 4 is 47.4 Å². The van der Waals surface area contributed by atoms with Crippen LogP contribution in [-0.4, -0.2) is 20.3 Å². The third-order valence-electron chi connectivity index (χ3n) is 1.85. The summed E-state index contributed by atoms with van der Waals surface area (Å²) in [6, 6.07) is 1.49. The van der Waals surface area contributed by atoms with Gasteiger partial charge >= 0.3 is 0 Å². The monoisotopic (exact) mass is 272 g/mol. The minimum atomic E-state index is -0.348. The van der Waals surface area contributed by atoms with Gasteiger partial charge < -0.3 is 0 Å². The van der Waals surface area contributed by atoms with E-state index >= 15 is 0 Å². The summed E-state index contributed by atoms with van der Waals surface area (Å²) >= 11 is 7.46. The molecule has 0 nitrogen and oxygen atoms in total. The number of hydrogen-bond donors (Lipinski definition) is 0. The molecule has 1 aliphatic heterocycles. The summed E-state index contributed by atoms with van der Waals surface area (Å²) in [6.45, 7) is 2.33. The van der Waals surface area contributed by atoms with Crippen molar-refractivity contribution in [2.24, 2.45) is 0 Å². The minimum absolute atomic E-state index is 0.200. The highest BCUT2D eigenvalue weighted by atomic mass is 79.9. The zero-order valence-corrected chi connectivity index (χ0v) is 10.4. The molecule has 4 heteroatoms. The quantitative estimate of drug-likeness (QED) is 0.388. The van der Waals surface area contributed by atoms with E-state index in [-0.39, 0.29) is 16.2 Å². The van der Waals surface area contributed by atoms with Crippen molar-refractivity contribution in [1.29, 1.82) is 0 Å². The average Bonchev–Trinajstić information content (AvgIpc) is 1.81. The van der Waals surface area contributed by atoms with Crippen LogP contribution in [0.4, 0.5) is 0 Å². The third kappa shape index (κ3) is 1.28. The minimum Gasteiger partial charge on any atom is -0.130 e. The van der Waals surface area contributed by atoms with Crippen LogP contribution in [0.15, 0.2) is 0 Å². The lowest BCUT2D eigenvalue weighted by atomic mass is 11.0. The second-order valence-electron chi connectivity index (χ2n) is 2.36. The molecule has 1 aliphatic rings. The Morgan fingerprint density at radius 1 is 1.75 bits per heavy atom. The molecule has 3 atom stereocenters. The van der Waals surface area contributed by atoms with Crippen LogP contribution in [0.5, 0.6) is 0 Å². The predicted molar refractivity (Wildman–Crippen MR) is 51.2 cm³/mol. The standard InChI is InChI=1S/C4H10Br2Si2/c1-2-7-3-8(6)4(7)5/h4,7-8H,2-3H2,1H3. The Kier molecular flexibility index (Phi) is 2.80. The average molecular weight is 274 g/mol. The Balaban J connectivity index is 2.25. The number of rotatable bonds is 1. The molecule has 0 bridgehead atoms. The van der Waals surface area contributed by atoms with Gasteiger partial charge in [-0.3, -0.25) is 0 Å². The Hall–Kier alpha value is 1.39. The molecule has 0 aromatic carbocycles. The van der Waals surface area contributed by atoms with Crippen molar-refractivity contribution in [1.82, 2.24) is 0 Å². The fraction of sp³-hybridized carbons (Fsp3) is 1.00. The van der Waals surface area contributed by atoms with Gasteiger partial charge in [0, 0.05) is 12.9 Å². The van der Waals surface area contributed by atoms with Crippen molar-refractivity contribution in [3.8, 4) is 0 Å². The van der Waals surface area contributed by atoms with E-state index in [0.717, 1.165) is 4.07 Å². The second kappa shape index (κ2) is 2.99. The van der Waals surface area contributed by atoms with Gasteiger partial charge in [-0.15, -0.1) is 15.3 Å². The lowest BCUT2D eigenvalue weighted by Gasteiger charge is -2.34. The molecule has 0 N–H and O–H groups in total. The summed E-state index contributed by atoms with van der Waals surface area (Å²) in [6.07, 6.45) is 0. The van der Waals surface area contributed by atoms with Crippen molar-refractivity contribution in [3.63, 3.8) is 0 Å². The molecule has 0 saturated carbocycles. The third-order valence-corrected chi connectivity index (χ3v) is 24.8. The van der Waals surface area contributed by atoms with Crippen LogP contribution in [0.3, 0.4) is 0 Å². The fourth-order valence-corrected chi connectivity index (χ4v) is 22.0. The summed E-state index contributed by atoms with van der Waals surface area (Å²) in [7, 11) is -0.548. The second-order valence-corrected chi connectivity index (χ2v) is 16.4. The summed E-state index contributed by atoms with van der Waals surface area (Å²) < 4.78 is 1.02. The fourth-order valence-electron chi connectivity index (χ4n) is 1.04. The van der Waals surface area contributed by atoms with Gasteiger partial charge in [0.2, 0.25) is 0 Å². The molecule has 1 fully saturated rings. The van der Waals surface area contributed by atoms with Crippen LogP contribution in [-0.2, 0) is 0 Å². The van der Waals surface area contributed by atoms with Gasteiger partial charge in [0.15, 0.2) is 0 Å². The van der Waals surface area contributed by atoms with Crippen molar-refractivity contribution in [3.05, 3.63) is 0 Å². The van der Waals surface area contributed by atoms with E-state index in [4.69, 9.17) is 0 Å². The van der Waals surface area contributed by atoms with Gasteiger partial charge in [0.25, 0.3) is 0 Å². The van der Waals surface area contributed by atoms with E-state index in [2.05, 4.69) is 38.1 Å². The van der Waals surface area contributed by atoms with Crippen molar-refractivity contribution in [2.75, 3.05) is 0 Å². The van der Waals surface area contributed by atoms with E-state index in [0.29, 0.717) is 0 Å². The SMILES string of the molecule is CC[SiH]1C[SiH](Br)C1Br. The zero-order valence-electron chi connectivity index (χ0n) is 4.90. The van der Waals surface area contributed by atoms with Gasteiger partial charge in [-0.25, -0.2) is 0 Å². The van der Waals surface area contributed by atoms with Crippen LogP contribution in [0.2, 0.25) is 11.7 Å². The largest absolute Gasteiger partial charge is 0.130 e. The molecule has 0 amide bonds. The zero-order chi connectivity index (χ0) is 6.15. The highest BCUT2D eigenvalue weighted by Crippen LogP contribution is 2.32. The van der Waals surface area contributed by atoms with Crippen molar-refractivity contribution < 1.29 is 0 Å². The smallest absolute Gasteiger partial charge is 0.122 e. The van der Waals surface area contributed by atoms with Gasteiger partial charge in [-0.05, 0) is 0 Å². The van der Waals surface area contributed by atoms with Crippen LogP contribution in [0, 0.1) is 0 Å². The number of halogens is 2. The molecule has 0 aromatic rings. The van der Waals surface area contributed by atoms with E-state index in [1.54, 1.807) is 5.67 Å². The molecule has 1 rings (SSSR count). The molecule has 0 radical (unpaired) electrons. The van der Waals surface area contributed by atoms with Crippen LogP contribution in [0.1, 0.15) is 6.92 Å². The van der Waals surface area contributed by atoms with Gasteiger partial charge in [0.05, 0.1) is 0 Å². The normalized spacial score (nSPS) is 46.1. The lowest BCUT2D eigenvalue weighted by molar-refractivity contribution is 1.34. The molecule has 48 valence electrons. The van der Waals surface area contributed by atoms with Crippen molar-refractivity contribution in [2.45, 2.75) is 22.7 Å². The first kappa shape index (κ1) is 7.50. The van der Waals surface area contributed by atoms with E-state index < -0.39 is 0 Å². The molecular weight excluding hydrogens is 264 g/mol. The first-order chi connectivity index (χ1) is 3.75. The lowest BCUT2D eigenvalue weighted by Crippen LogP contribution is -2.49. The van der Waals surface area contributed by atoms with E-state index in [1.807, 2.05) is 0 Å². The molecule has 0 aliphatic carbocycles. The van der Waals surface area contributed by atoms with Crippen LogP contribution < -0.4 is 0 Å². The molecule has 3 unspecified atom stereocenters. The van der Waals surface area contributed by atoms with E-state index in [9.17, 15) is 0 Å². The summed E-state index contributed by atoms with van der Waals surface area (Å²) in [5.41, 5.74) is 1.63. The van der Waals surface area contributed by atoms with Gasteiger partial charge in [-0.1, -0.05) is 34.6 Å². The topological polar surface area (TPSA) is 0 Å². The molecular formula is C4H10Br2Si2. The maximum absolute atomic E-state index is 3.73. The van der Waals surface area contributed by atoms with Crippen LogP contribution in [0.25, 0.3) is 0 Å². The maximum Gasteiger partial charge on any atom is 0.122 e. The Morgan fingerprint density at radius 2 is 2.38 bits per heavy atom. The molecule has 8 heavy (non-hydrogen) atoms. The van der Waals surface area contributed by atoms with Gasteiger partial charge in [0.1, 0.15) is 7.42 Å². The van der Waals surface area contributed by atoms with Crippen LogP contribution >= 0.6 is 31.2 Å². The Bertz CT molecular complexity index is 88.1. The first-order valence-corrected chi connectivity index (χ1v) is 10.9. The van der Waals surface area contributed by atoms with Gasteiger partial charge in [-0.2, -0.15) is 0 Å². The summed E-state index contributed by atoms with van der Waals surface area (Å²) in [5, 5.41) is 0. The van der Waals surface area contributed by atoms with E-state index in [1.165, 1.54) is 6.04 Å². The number of hydrogen-bond acceptors (Lipinski definition) is 0. The first-order valence-electron chi connectivity index (χ1n) is 3.03. The molecule has 0 spiro atoms. The Morgan fingerprint density at radius 3 is 2.50 bits per heavy atom. The Labute approximate surface area is 70.0 Å².